The van der Waals surface area contributed by atoms with E-state index in [2.05, 4.69) is 30.8 Å². The average molecular weight is 410 g/mol. The van der Waals surface area contributed by atoms with E-state index in [9.17, 15) is 14.0 Å². The molecule has 3 aromatic heterocycles. The Bertz CT molecular complexity index is 1220. The van der Waals surface area contributed by atoms with E-state index in [0.717, 1.165) is 17.6 Å². The SMILES string of the molecule is Cc1[nH]nc2ccc(F)c(NC(=O)c3cnc(Nc4cccc(CC=O)n4)s3)c12. The van der Waals surface area contributed by atoms with Crippen LogP contribution in [0.2, 0.25) is 0 Å². The van der Waals surface area contributed by atoms with Crippen molar-refractivity contribution in [1.82, 2.24) is 20.2 Å². The lowest BCUT2D eigenvalue weighted by Gasteiger charge is -2.07. The van der Waals surface area contributed by atoms with Gasteiger partial charge < -0.3 is 15.4 Å². The van der Waals surface area contributed by atoms with Gasteiger partial charge in [-0.2, -0.15) is 5.10 Å². The summed E-state index contributed by atoms with van der Waals surface area (Å²) in [7, 11) is 0. The molecule has 0 fully saturated rings. The number of halogens is 1. The van der Waals surface area contributed by atoms with Gasteiger partial charge in [-0.05, 0) is 31.2 Å². The minimum atomic E-state index is -0.547. The Hall–Kier alpha value is -3.66. The second-order valence-electron chi connectivity index (χ2n) is 6.16. The molecule has 0 aliphatic rings. The van der Waals surface area contributed by atoms with Gasteiger partial charge >= 0.3 is 0 Å². The topological polar surface area (TPSA) is 113 Å². The van der Waals surface area contributed by atoms with Crippen LogP contribution in [0.4, 0.5) is 21.0 Å². The summed E-state index contributed by atoms with van der Waals surface area (Å²) in [5.41, 5.74) is 1.92. The normalized spacial score (nSPS) is 10.8. The fourth-order valence-corrected chi connectivity index (χ4v) is 3.55. The zero-order valence-corrected chi connectivity index (χ0v) is 16.0. The summed E-state index contributed by atoms with van der Waals surface area (Å²) in [6, 6.07) is 8.05. The van der Waals surface area contributed by atoms with E-state index in [1.807, 2.05) is 0 Å². The molecule has 0 bridgehead atoms. The minimum absolute atomic E-state index is 0.0740. The van der Waals surface area contributed by atoms with Crippen LogP contribution in [0.15, 0.2) is 36.5 Å². The third kappa shape index (κ3) is 3.83. The van der Waals surface area contributed by atoms with Crippen LogP contribution < -0.4 is 10.6 Å². The Kier molecular flexibility index (Phi) is 5.00. The Morgan fingerprint density at radius 3 is 3.00 bits per heavy atom. The van der Waals surface area contributed by atoms with Crippen LogP contribution in [-0.4, -0.2) is 32.4 Å². The highest BCUT2D eigenvalue weighted by atomic mass is 32.1. The molecule has 3 N–H and O–H groups in total. The molecular formula is C19H15FN6O2S. The fraction of sp³-hybridized carbons (Fsp3) is 0.105. The van der Waals surface area contributed by atoms with E-state index in [1.165, 1.54) is 12.3 Å². The van der Waals surface area contributed by atoms with Crippen molar-refractivity contribution in [1.29, 1.82) is 0 Å². The number of hydrogen-bond acceptors (Lipinski definition) is 7. The van der Waals surface area contributed by atoms with E-state index in [0.29, 0.717) is 38.1 Å². The number of aldehydes is 1. The molecule has 146 valence electrons. The molecule has 0 radical (unpaired) electrons. The lowest BCUT2D eigenvalue weighted by molar-refractivity contribution is -0.107. The number of thiazole rings is 1. The molecule has 1 aromatic carbocycles. The van der Waals surface area contributed by atoms with Gasteiger partial charge in [-0.15, -0.1) is 0 Å². The molecule has 4 aromatic rings. The molecule has 4 rings (SSSR count). The lowest BCUT2D eigenvalue weighted by atomic mass is 10.1. The van der Waals surface area contributed by atoms with Crippen molar-refractivity contribution in [3.63, 3.8) is 0 Å². The quantitative estimate of drug-likeness (QED) is 0.419. The number of pyridine rings is 1. The number of anilines is 3. The number of carbonyl (C=O) groups is 2. The first-order chi connectivity index (χ1) is 14.0. The van der Waals surface area contributed by atoms with Crippen LogP contribution >= 0.6 is 11.3 Å². The first-order valence-corrected chi connectivity index (χ1v) is 9.43. The minimum Gasteiger partial charge on any atom is -0.318 e. The van der Waals surface area contributed by atoms with Gasteiger partial charge in [0.25, 0.3) is 5.91 Å². The number of nitrogens with zero attached hydrogens (tertiary/aromatic N) is 3. The highest BCUT2D eigenvalue weighted by Crippen LogP contribution is 2.29. The zero-order valence-electron chi connectivity index (χ0n) is 15.2. The van der Waals surface area contributed by atoms with E-state index in [-0.39, 0.29) is 12.1 Å². The fourth-order valence-electron chi connectivity index (χ4n) is 2.83. The van der Waals surface area contributed by atoms with Crippen molar-refractivity contribution in [2.45, 2.75) is 13.3 Å². The van der Waals surface area contributed by atoms with E-state index in [4.69, 9.17) is 0 Å². The van der Waals surface area contributed by atoms with Crippen molar-refractivity contribution in [2.75, 3.05) is 10.6 Å². The average Bonchev–Trinajstić information content (AvgIpc) is 3.32. The van der Waals surface area contributed by atoms with Crippen molar-refractivity contribution >= 4 is 51.1 Å². The smallest absolute Gasteiger partial charge is 0.267 e. The maximum atomic E-state index is 14.3. The highest BCUT2D eigenvalue weighted by molar-refractivity contribution is 7.17. The first kappa shape index (κ1) is 18.7. The van der Waals surface area contributed by atoms with Gasteiger partial charge in [0.1, 0.15) is 22.8 Å². The number of nitrogens with one attached hydrogen (secondary N) is 3. The molecule has 10 heteroatoms. The summed E-state index contributed by atoms with van der Waals surface area (Å²) < 4.78 is 14.3. The number of H-pyrrole nitrogens is 1. The number of benzene rings is 1. The van der Waals surface area contributed by atoms with Crippen LogP contribution in [0.3, 0.4) is 0 Å². The van der Waals surface area contributed by atoms with Crippen LogP contribution in [0.25, 0.3) is 10.9 Å². The van der Waals surface area contributed by atoms with Crippen molar-refractivity contribution in [3.8, 4) is 0 Å². The molecule has 3 heterocycles. The summed E-state index contributed by atoms with van der Waals surface area (Å²) in [5.74, 6) is -0.518. The monoisotopic (exact) mass is 410 g/mol. The van der Waals surface area contributed by atoms with Gasteiger partial charge in [0, 0.05) is 23.2 Å². The number of carbonyl (C=O) groups excluding carboxylic acids is 2. The molecule has 29 heavy (non-hydrogen) atoms. The largest absolute Gasteiger partial charge is 0.318 e. The Morgan fingerprint density at radius 1 is 1.31 bits per heavy atom. The molecule has 0 saturated carbocycles. The second kappa shape index (κ2) is 7.76. The summed E-state index contributed by atoms with van der Waals surface area (Å²) >= 11 is 1.10. The molecule has 0 atom stereocenters. The van der Waals surface area contributed by atoms with Crippen LogP contribution in [0.1, 0.15) is 21.1 Å². The Balaban J connectivity index is 1.54. The molecule has 0 aliphatic heterocycles. The van der Waals surface area contributed by atoms with Gasteiger partial charge in [0.05, 0.1) is 17.4 Å². The number of amides is 1. The number of hydrogen-bond donors (Lipinski definition) is 3. The van der Waals surface area contributed by atoms with Gasteiger partial charge in [-0.3, -0.25) is 9.89 Å². The molecule has 0 saturated heterocycles. The summed E-state index contributed by atoms with van der Waals surface area (Å²) in [6.07, 6.45) is 2.39. The standard InChI is InChI=1S/C19H15FN6O2S/c1-10-16-13(26-25-10)6-5-12(20)17(16)24-18(28)14-9-21-19(29-14)23-15-4-2-3-11(22-15)7-8-27/h2-6,8-9H,7H2,1H3,(H,24,28)(H,25,26)(H,21,22,23). The van der Waals surface area contributed by atoms with Gasteiger partial charge in [-0.1, -0.05) is 17.4 Å². The van der Waals surface area contributed by atoms with Gasteiger partial charge in [0.15, 0.2) is 5.13 Å². The molecule has 0 unspecified atom stereocenters. The van der Waals surface area contributed by atoms with E-state index in [1.54, 1.807) is 31.2 Å². The van der Waals surface area contributed by atoms with Crippen LogP contribution in [0, 0.1) is 12.7 Å². The van der Waals surface area contributed by atoms with Gasteiger partial charge in [0.2, 0.25) is 0 Å². The number of fused-ring (bicyclic) bond motifs is 1. The molecular weight excluding hydrogens is 395 g/mol. The number of rotatable bonds is 6. The Labute approximate surface area is 168 Å². The zero-order chi connectivity index (χ0) is 20.4. The molecule has 8 nitrogen and oxygen atoms in total. The van der Waals surface area contributed by atoms with Crippen molar-refractivity contribution in [3.05, 3.63) is 58.6 Å². The van der Waals surface area contributed by atoms with Crippen LogP contribution in [0.5, 0.6) is 0 Å². The third-order valence-corrected chi connectivity index (χ3v) is 5.07. The maximum absolute atomic E-state index is 14.3. The number of aromatic nitrogens is 4. The first-order valence-electron chi connectivity index (χ1n) is 8.62. The van der Waals surface area contributed by atoms with Crippen molar-refractivity contribution in [2.24, 2.45) is 0 Å². The van der Waals surface area contributed by atoms with Crippen molar-refractivity contribution < 1.29 is 14.0 Å². The second-order valence-corrected chi connectivity index (χ2v) is 7.19. The Morgan fingerprint density at radius 2 is 2.17 bits per heavy atom. The molecule has 1 amide bonds. The summed E-state index contributed by atoms with van der Waals surface area (Å²) in [5, 5.41) is 13.5. The van der Waals surface area contributed by atoms with E-state index >= 15 is 0 Å². The highest BCUT2D eigenvalue weighted by Gasteiger charge is 2.18. The molecule has 0 spiro atoms. The maximum Gasteiger partial charge on any atom is 0.267 e. The van der Waals surface area contributed by atoms with Gasteiger partial charge in [-0.25, -0.2) is 14.4 Å². The number of aromatic amines is 1. The predicted octanol–water partition coefficient (Wildman–Crippen LogP) is 3.60. The summed E-state index contributed by atoms with van der Waals surface area (Å²) in [4.78, 5) is 32.0. The number of aryl methyl sites for hydroxylation is 1. The van der Waals surface area contributed by atoms with E-state index < -0.39 is 11.7 Å². The van der Waals surface area contributed by atoms with Crippen LogP contribution in [-0.2, 0) is 11.2 Å². The summed E-state index contributed by atoms with van der Waals surface area (Å²) in [6.45, 7) is 1.75. The predicted molar refractivity (Wildman–Crippen MR) is 108 cm³/mol. The lowest BCUT2D eigenvalue weighted by Crippen LogP contribution is -2.12. The third-order valence-electron chi connectivity index (χ3n) is 4.15. The molecule has 0 aliphatic carbocycles.